The molecule has 3 nitrogen and oxygen atoms in total. The van der Waals surface area contributed by atoms with Crippen molar-refractivity contribution >= 4 is 17.5 Å². The molecular formula is C16H23ClN2O. The van der Waals surface area contributed by atoms with E-state index in [0.29, 0.717) is 22.0 Å². The quantitative estimate of drug-likeness (QED) is 0.733. The predicted molar refractivity (Wildman–Crippen MR) is 81.9 cm³/mol. The fraction of sp³-hybridized carbons (Fsp3) is 0.625. The van der Waals surface area contributed by atoms with Crippen LogP contribution in [0.5, 0.6) is 0 Å². The Hall–Kier alpha value is -1.09. The van der Waals surface area contributed by atoms with E-state index < -0.39 is 0 Å². The molecule has 0 aliphatic carbocycles. The van der Waals surface area contributed by atoms with Crippen LogP contribution in [-0.4, -0.2) is 28.9 Å². The van der Waals surface area contributed by atoms with Crippen LogP contribution in [-0.2, 0) is 0 Å². The van der Waals surface area contributed by atoms with Crippen LogP contribution in [0.4, 0.5) is 0 Å². The molecule has 0 bridgehead atoms. The Balaban J connectivity index is 2.03. The van der Waals surface area contributed by atoms with Crippen molar-refractivity contribution in [1.29, 1.82) is 0 Å². The van der Waals surface area contributed by atoms with Crippen molar-refractivity contribution in [2.45, 2.75) is 40.0 Å². The van der Waals surface area contributed by atoms with Gasteiger partial charge in [-0.05, 0) is 42.7 Å². The number of halogens is 1. The standard InChI is InChI=1S/C16H23ClN2O/c1-16(2,3)13-5-4-9-19(10-8-13)15(20)12-6-7-14(17)18-11-12/h6-7,11,13H,4-5,8-10H2,1-3H3. The number of rotatable bonds is 1. The highest BCUT2D eigenvalue weighted by molar-refractivity contribution is 6.29. The minimum atomic E-state index is 0.0729. The second-order valence-corrected chi connectivity index (χ2v) is 7.04. The van der Waals surface area contributed by atoms with Crippen LogP contribution < -0.4 is 0 Å². The SMILES string of the molecule is CC(C)(C)C1CCCN(C(=O)c2ccc(Cl)nc2)CC1. The Morgan fingerprint density at radius 1 is 1.30 bits per heavy atom. The first-order valence-corrected chi connectivity index (χ1v) is 7.66. The minimum absolute atomic E-state index is 0.0729. The summed E-state index contributed by atoms with van der Waals surface area (Å²) in [5, 5.41) is 0.421. The normalized spacial score (nSPS) is 20.6. The molecule has 1 fully saturated rings. The number of carbonyl (C=O) groups excluding carboxylic acids is 1. The summed E-state index contributed by atoms with van der Waals surface area (Å²) in [5.41, 5.74) is 0.949. The molecule has 1 aliphatic heterocycles. The summed E-state index contributed by atoms with van der Waals surface area (Å²) in [7, 11) is 0. The zero-order valence-electron chi connectivity index (χ0n) is 12.5. The van der Waals surface area contributed by atoms with Crippen LogP contribution in [0, 0.1) is 11.3 Å². The zero-order valence-corrected chi connectivity index (χ0v) is 13.3. The minimum Gasteiger partial charge on any atom is -0.339 e. The van der Waals surface area contributed by atoms with Gasteiger partial charge < -0.3 is 4.90 Å². The molecule has 4 heteroatoms. The number of hydrogen-bond acceptors (Lipinski definition) is 2. The summed E-state index contributed by atoms with van der Waals surface area (Å²) in [6.45, 7) is 8.55. The van der Waals surface area contributed by atoms with Crippen molar-refractivity contribution in [1.82, 2.24) is 9.88 Å². The van der Waals surface area contributed by atoms with Gasteiger partial charge in [0.15, 0.2) is 0 Å². The second kappa shape index (κ2) is 6.13. The number of carbonyl (C=O) groups is 1. The van der Waals surface area contributed by atoms with Crippen molar-refractivity contribution in [3.05, 3.63) is 29.0 Å². The van der Waals surface area contributed by atoms with E-state index in [2.05, 4.69) is 25.8 Å². The molecule has 0 saturated carbocycles. The lowest BCUT2D eigenvalue weighted by Crippen LogP contribution is -2.32. The van der Waals surface area contributed by atoms with Gasteiger partial charge in [0, 0.05) is 19.3 Å². The summed E-state index contributed by atoms with van der Waals surface area (Å²) in [6, 6.07) is 3.42. The lowest BCUT2D eigenvalue weighted by Gasteiger charge is -2.29. The average molecular weight is 295 g/mol. The molecule has 20 heavy (non-hydrogen) atoms. The largest absolute Gasteiger partial charge is 0.339 e. The molecule has 1 amide bonds. The zero-order chi connectivity index (χ0) is 14.8. The molecule has 1 atom stereocenters. The summed E-state index contributed by atoms with van der Waals surface area (Å²) in [4.78, 5) is 18.4. The molecule has 1 unspecified atom stereocenters. The van der Waals surface area contributed by atoms with Gasteiger partial charge in [0.1, 0.15) is 5.15 Å². The summed E-state index contributed by atoms with van der Waals surface area (Å²) in [6.07, 6.45) is 4.92. The van der Waals surface area contributed by atoms with Crippen LogP contribution in [0.1, 0.15) is 50.4 Å². The lowest BCUT2D eigenvalue weighted by atomic mass is 9.77. The van der Waals surface area contributed by atoms with Gasteiger partial charge in [-0.2, -0.15) is 0 Å². The molecule has 1 saturated heterocycles. The third kappa shape index (κ3) is 3.72. The van der Waals surface area contributed by atoms with Gasteiger partial charge in [0.05, 0.1) is 5.56 Å². The number of pyridine rings is 1. The highest BCUT2D eigenvalue weighted by Crippen LogP contribution is 2.34. The van der Waals surface area contributed by atoms with E-state index in [-0.39, 0.29) is 5.91 Å². The maximum absolute atomic E-state index is 12.5. The highest BCUT2D eigenvalue weighted by Gasteiger charge is 2.28. The molecule has 1 aliphatic rings. The van der Waals surface area contributed by atoms with Crippen LogP contribution in [0.3, 0.4) is 0 Å². The molecular weight excluding hydrogens is 272 g/mol. The van der Waals surface area contributed by atoms with Gasteiger partial charge in [-0.15, -0.1) is 0 Å². The number of hydrogen-bond donors (Lipinski definition) is 0. The predicted octanol–water partition coefficient (Wildman–Crippen LogP) is 4.02. The number of nitrogens with zero attached hydrogens (tertiary/aromatic N) is 2. The van der Waals surface area contributed by atoms with Crippen molar-refractivity contribution in [2.75, 3.05) is 13.1 Å². The fourth-order valence-electron chi connectivity index (χ4n) is 2.85. The monoisotopic (exact) mass is 294 g/mol. The second-order valence-electron chi connectivity index (χ2n) is 6.66. The molecule has 110 valence electrons. The van der Waals surface area contributed by atoms with Gasteiger partial charge in [-0.1, -0.05) is 32.4 Å². The van der Waals surface area contributed by atoms with Crippen molar-refractivity contribution in [3.8, 4) is 0 Å². The molecule has 0 aromatic carbocycles. The third-order valence-corrected chi connectivity index (χ3v) is 4.44. The smallest absolute Gasteiger partial charge is 0.255 e. The maximum atomic E-state index is 12.5. The van der Waals surface area contributed by atoms with Crippen molar-refractivity contribution < 1.29 is 4.79 Å². The number of likely N-dealkylation sites (tertiary alicyclic amines) is 1. The molecule has 0 radical (unpaired) electrons. The number of amides is 1. The first-order valence-electron chi connectivity index (χ1n) is 7.29. The number of aromatic nitrogens is 1. The molecule has 2 heterocycles. The third-order valence-electron chi connectivity index (χ3n) is 4.21. The maximum Gasteiger partial charge on any atom is 0.255 e. The van der Waals surface area contributed by atoms with Crippen molar-refractivity contribution in [3.63, 3.8) is 0 Å². The molecule has 1 aromatic rings. The van der Waals surface area contributed by atoms with E-state index in [4.69, 9.17) is 11.6 Å². The van der Waals surface area contributed by atoms with Gasteiger partial charge in [-0.25, -0.2) is 4.98 Å². The Labute approximate surface area is 126 Å². The van der Waals surface area contributed by atoms with E-state index in [9.17, 15) is 4.79 Å². The van der Waals surface area contributed by atoms with Gasteiger partial charge in [0.2, 0.25) is 0 Å². The molecule has 0 spiro atoms. The van der Waals surface area contributed by atoms with E-state index in [1.807, 2.05) is 4.90 Å². The highest BCUT2D eigenvalue weighted by atomic mass is 35.5. The van der Waals surface area contributed by atoms with Crippen LogP contribution in [0.25, 0.3) is 0 Å². The van der Waals surface area contributed by atoms with Gasteiger partial charge >= 0.3 is 0 Å². The summed E-state index contributed by atoms with van der Waals surface area (Å²) >= 11 is 5.76. The van der Waals surface area contributed by atoms with Gasteiger partial charge in [-0.3, -0.25) is 4.79 Å². The first kappa shape index (κ1) is 15.3. The Morgan fingerprint density at radius 2 is 2.05 bits per heavy atom. The van der Waals surface area contributed by atoms with Crippen LogP contribution in [0.15, 0.2) is 18.3 Å². The fourth-order valence-corrected chi connectivity index (χ4v) is 2.96. The Bertz CT molecular complexity index is 464. The van der Waals surface area contributed by atoms with E-state index in [1.165, 1.54) is 6.42 Å². The van der Waals surface area contributed by atoms with Gasteiger partial charge in [0.25, 0.3) is 5.91 Å². The summed E-state index contributed by atoms with van der Waals surface area (Å²) in [5.74, 6) is 0.757. The Kier molecular flexibility index (Phi) is 4.69. The molecule has 2 rings (SSSR count). The Morgan fingerprint density at radius 3 is 2.65 bits per heavy atom. The molecule has 1 aromatic heterocycles. The first-order chi connectivity index (χ1) is 9.38. The summed E-state index contributed by atoms with van der Waals surface area (Å²) < 4.78 is 0. The van der Waals surface area contributed by atoms with E-state index in [1.54, 1.807) is 18.3 Å². The van der Waals surface area contributed by atoms with Crippen molar-refractivity contribution in [2.24, 2.45) is 11.3 Å². The average Bonchev–Trinajstić information content (AvgIpc) is 2.64. The van der Waals surface area contributed by atoms with Crippen LogP contribution >= 0.6 is 11.6 Å². The lowest BCUT2D eigenvalue weighted by molar-refractivity contribution is 0.0755. The van der Waals surface area contributed by atoms with E-state index >= 15 is 0 Å². The topological polar surface area (TPSA) is 33.2 Å². The molecule has 0 N–H and O–H groups in total. The van der Waals surface area contributed by atoms with Crippen LogP contribution in [0.2, 0.25) is 5.15 Å². The van der Waals surface area contributed by atoms with E-state index in [0.717, 1.165) is 25.9 Å².